The number of benzene rings is 8. The Morgan fingerprint density at radius 2 is 0.700 bits per heavy atom. The Balaban J connectivity index is 1.18. The minimum Gasteiger partial charge on any atom is -0.247 e. The molecule has 11 rings (SSSR count). The molecule has 0 saturated heterocycles. The van der Waals surface area contributed by atoms with E-state index in [0.717, 1.165) is 106 Å². The summed E-state index contributed by atoms with van der Waals surface area (Å²) in [4.78, 5) is 26.7. The molecule has 280 valence electrons. The maximum Gasteiger partial charge on any atom is 0.160 e. The average Bonchev–Trinajstić information content (AvgIpc) is 3.34. The van der Waals surface area contributed by atoms with E-state index in [1.54, 1.807) is 0 Å². The zero-order valence-corrected chi connectivity index (χ0v) is 32.4. The molecule has 60 heavy (non-hydrogen) atoms. The predicted octanol–water partition coefficient (Wildman–Crippen LogP) is 13.8. The highest BCUT2D eigenvalue weighted by molar-refractivity contribution is 6.25. The molecular weight excluding hydrogens is 731 g/mol. The number of para-hydroxylation sites is 1. The summed E-state index contributed by atoms with van der Waals surface area (Å²) in [6.07, 6.45) is 0. The first-order valence-corrected chi connectivity index (χ1v) is 20.1. The van der Waals surface area contributed by atoms with E-state index in [1.807, 2.05) is 48.5 Å². The minimum absolute atomic E-state index is 0.681. The number of fused-ring (bicyclic) bond motifs is 5. The second kappa shape index (κ2) is 15.0. The molecule has 0 fully saturated rings. The quantitative estimate of drug-likeness (QED) is 0.151. The van der Waals surface area contributed by atoms with Crippen molar-refractivity contribution in [3.05, 3.63) is 212 Å². The highest BCUT2D eigenvalue weighted by Crippen LogP contribution is 2.44. The van der Waals surface area contributed by atoms with E-state index < -0.39 is 0 Å². The fourth-order valence-corrected chi connectivity index (χ4v) is 8.18. The first-order valence-electron chi connectivity index (χ1n) is 20.1. The molecule has 0 radical (unpaired) electrons. The maximum absolute atomic E-state index is 5.60. The van der Waals surface area contributed by atoms with Gasteiger partial charge in [-0.05, 0) is 29.3 Å². The molecule has 0 unspecified atom stereocenters. The standard InChI is InChI=1S/C55H35N5/c1-6-18-36(19-7-1)44-34-48-54(60-53(40-24-12-4-13-25-40)52(57-48)39-22-10-3-11-23-39)50-49(44)43-28-16-17-29-45(43)56-51(50)41-32-30-38(31-33-41)47-35-46(37-20-8-2-9-21-37)58-55(59-47)42-26-14-5-15-27-42/h1-35H. The minimum atomic E-state index is 0.681. The summed E-state index contributed by atoms with van der Waals surface area (Å²) in [6, 6.07) is 73.0. The van der Waals surface area contributed by atoms with Crippen LogP contribution in [0.5, 0.6) is 0 Å². The third-order valence-corrected chi connectivity index (χ3v) is 11.1. The molecule has 0 aliphatic heterocycles. The van der Waals surface area contributed by atoms with E-state index in [9.17, 15) is 0 Å². The van der Waals surface area contributed by atoms with Crippen molar-refractivity contribution >= 4 is 32.7 Å². The molecule has 5 nitrogen and oxygen atoms in total. The van der Waals surface area contributed by atoms with Gasteiger partial charge in [0.25, 0.3) is 0 Å². The third-order valence-electron chi connectivity index (χ3n) is 11.1. The van der Waals surface area contributed by atoms with Gasteiger partial charge < -0.3 is 0 Å². The van der Waals surface area contributed by atoms with Crippen molar-refractivity contribution in [3.63, 3.8) is 0 Å². The monoisotopic (exact) mass is 765 g/mol. The molecular formula is C55H35N5. The second-order valence-electron chi connectivity index (χ2n) is 14.8. The largest absolute Gasteiger partial charge is 0.247 e. The van der Waals surface area contributed by atoms with Crippen LogP contribution in [0.2, 0.25) is 0 Å². The van der Waals surface area contributed by atoms with Crippen LogP contribution in [0.25, 0.3) is 112 Å². The Bertz CT molecular complexity index is 3260. The zero-order valence-electron chi connectivity index (χ0n) is 32.4. The molecule has 0 spiro atoms. The predicted molar refractivity (Wildman–Crippen MR) is 246 cm³/mol. The van der Waals surface area contributed by atoms with Crippen LogP contribution >= 0.6 is 0 Å². The van der Waals surface area contributed by atoms with Crippen molar-refractivity contribution in [2.75, 3.05) is 0 Å². The molecule has 0 N–H and O–H groups in total. The van der Waals surface area contributed by atoms with Crippen LogP contribution in [-0.4, -0.2) is 24.9 Å². The Labute approximate surface area is 347 Å². The summed E-state index contributed by atoms with van der Waals surface area (Å²) in [5, 5.41) is 3.11. The van der Waals surface area contributed by atoms with Crippen LogP contribution in [0.1, 0.15) is 0 Å². The van der Waals surface area contributed by atoms with Gasteiger partial charge in [0.1, 0.15) is 0 Å². The van der Waals surface area contributed by atoms with Gasteiger partial charge in [-0.2, -0.15) is 0 Å². The van der Waals surface area contributed by atoms with E-state index in [4.69, 9.17) is 24.9 Å². The van der Waals surface area contributed by atoms with Gasteiger partial charge in [-0.3, -0.25) is 0 Å². The Morgan fingerprint density at radius 1 is 0.267 bits per heavy atom. The van der Waals surface area contributed by atoms with Crippen LogP contribution < -0.4 is 0 Å². The number of pyridine rings is 1. The molecule has 0 aliphatic rings. The molecule has 8 aromatic carbocycles. The lowest BCUT2D eigenvalue weighted by atomic mass is 9.91. The van der Waals surface area contributed by atoms with Gasteiger partial charge >= 0.3 is 0 Å². The van der Waals surface area contributed by atoms with E-state index in [2.05, 4.69) is 164 Å². The highest BCUT2D eigenvalue weighted by atomic mass is 14.9. The van der Waals surface area contributed by atoms with Crippen molar-refractivity contribution in [2.24, 2.45) is 0 Å². The summed E-state index contributed by atoms with van der Waals surface area (Å²) in [5.74, 6) is 0.681. The Kier molecular flexibility index (Phi) is 8.75. The van der Waals surface area contributed by atoms with Crippen LogP contribution in [0, 0.1) is 0 Å². The van der Waals surface area contributed by atoms with Crippen molar-refractivity contribution in [3.8, 4) is 78.8 Å². The smallest absolute Gasteiger partial charge is 0.160 e. The SMILES string of the molecule is c1ccc(-c2cc(-c3ccc(-c4nc5ccccc5c5c(-c6ccccc6)cc6nc(-c7ccccc7)c(-c7ccccc7)nc6c45)cc3)nc(-c3ccccc3)n2)cc1. The van der Waals surface area contributed by atoms with E-state index in [0.29, 0.717) is 5.82 Å². The number of hydrogen-bond donors (Lipinski definition) is 0. The van der Waals surface area contributed by atoms with Gasteiger partial charge in [-0.15, -0.1) is 0 Å². The summed E-state index contributed by atoms with van der Waals surface area (Å²) < 4.78 is 0. The fraction of sp³-hybridized carbons (Fsp3) is 0. The van der Waals surface area contributed by atoms with Crippen molar-refractivity contribution in [2.45, 2.75) is 0 Å². The lowest BCUT2D eigenvalue weighted by Crippen LogP contribution is -2.00. The lowest BCUT2D eigenvalue weighted by molar-refractivity contribution is 1.18. The van der Waals surface area contributed by atoms with Crippen LogP contribution in [0.15, 0.2) is 212 Å². The number of hydrogen-bond acceptors (Lipinski definition) is 5. The Hall–Kier alpha value is -8.15. The summed E-state index contributed by atoms with van der Waals surface area (Å²) in [6.45, 7) is 0. The van der Waals surface area contributed by atoms with Gasteiger partial charge in [0, 0.05) is 49.5 Å². The normalized spacial score (nSPS) is 11.3. The van der Waals surface area contributed by atoms with Crippen LogP contribution in [-0.2, 0) is 0 Å². The van der Waals surface area contributed by atoms with Gasteiger partial charge in [0.2, 0.25) is 0 Å². The highest BCUT2D eigenvalue weighted by Gasteiger charge is 2.22. The Morgan fingerprint density at radius 3 is 1.30 bits per heavy atom. The summed E-state index contributed by atoms with van der Waals surface area (Å²) in [7, 11) is 0. The second-order valence-corrected chi connectivity index (χ2v) is 14.8. The lowest BCUT2D eigenvalue weighted by Gasteiger charge is -2.18. The van der Waals surface area contributed by atoms with Crippen LogP contribution in [0.4, 0.5) is 0 Å². The molecule has 0 saturated carbocycles. The first kappa shape index (κ1) is 35.0. The van der Waals surface area contributed by atoms with Crippen LogP contribution in [0.3, 0.4) is 0 Å². The molecule has 0 bridgehead atoms. The average molecular weight is 766 g/mol. The third kappa shape index (κ3) is 6.35. The number of nitrogens with zero attached hydrogens (tertiary/aromatic N) is 5. The number of rotatable bonds is 7. The topological polar surface area (TPSA) is 64.5 Å². The van der Waals surface area contributed by atoms with Crippen molar-refractivity contribution in [1.82, 2.24) is 24.9 Å². The number of aromatic nitrogens is 5. The van der Waals surface area contributed by atoms with Gasteiger partial charge in [-0.1, -0.05) is 194 Å². The molecule has 11 aromatic rings. The summed E-state index contributed by atoms with van der Waals surface area (Å²) in [5.41, 5.74) is 14.9. The maximum atomic E-state index is 5.60. The van der Waals surface area contributed by atoms with E-state index in [1.165, 1.54) is 0 Å². The van der Waals surface area contributed by atoms with Crippen molar-refractivity contribution in [1.29, 1.82) is 0 Å². The summed E-state index contributed by atoms with van der Waals surface area (Å²) >= 11 is 0. The molecule has 5 heteroatoms. The van der Waals surface area contributed by atoms with Gasteiger partial charge in [0.15, 0.2) is 5.82 Å². The molecule has 0 aliphatic carbocycles. The molecule has 3 aromatic heterocycles. The van der Waals surface area contributed by atoms with Gasteiger partial charge in [-0.25, -0.2) is 24.9 Å². The first-order chi connectivity index (χ1) is 29.7. The molecule has 3 heterocycles. The molecule has 0 atom stereocenters. The van der Waals surface area contributed by atoms with E-state index in [-0.39, 0.29) is 0 Å². The molecule has 0 amide bonds. The van der Waals surface area contributed by atoms with Crippen molar-refractivity contribution < 1.29 is 0 Å². The van der Waals surface area contributed by atoms with Gasteiger partial charge in [0.05, 0.1) is 45.0 Å². The van der Waals surface area contributed by atoms with E-state index >= 15 is 0 Å². The fourth-order valence-electron chi connectivity index (χ4n) is 8.18. The zero-order chi connectivity index (χ0) is 39.8.